The van der Waals surface area contributed by atoms with E-state index in [4.69, 9.17) is 0 Å². The molecule has 1 aromatic heterocycles. The maximum Gasteiger partial charge on any atom is 0.251 e. The van der Waals surface area contributed by atoms with Gasteiger partial charge in [0.1, 0.15) is 5.82 Å². The SMILES string of the molecule is O=C(NCc1nc2ccccc2[nH]1)c1ccc(C=NNc2ccccc2)cc1. The molecule has 0 aliphatic heterocycles. The number of hydrogen-bond donors (Lipinski definition) is 3. The molecule has 4 rings (SSSR count). The zero-order chi connectivity index (χ0) is 19.2. The Hall–Kier alpha value is -3.93. The molecule has 0 fully saturated rings. The highest BCUT2D eigenvalue weighted by atomic mass is 16.1. The van der Waals surface area contributed by atoms with Crippen molar-refractivity contribution in [2.24, 2.45) is 5.10 Å². The number of aromatic nitrogens is 2. The van der Waals surface area contributed by atoms with Crippen LogP contribution in [-0.4, -0.2) is 22.1 Å². The lowest BCUT2D eigenvalue weighted by atomic mass is 10.1. The molecular formula is C22H19N5O. The van der Waals surface area contributed by atoms with E-state index in [0.29, 0.717) is 12.1 Å². The van der Waals surface area contributed by atoms with Gasteiger partial charge in [0.25, 0.3) is 5.91 Å². The zero-order valence-corrected chi connectivity index (χ0v) is 15.1. The van der Waals surface area contributed by atoms with E-state index < -0.39 is 0 Å². The molecule has 4 aromatic rings. The maximum atomic E-state index is 12.3. The molecule has 0 radical (unpaired) electrons. The first kappa shape index (κ1) is 17.5. The number of fused-ring (bicyclic) bond motifs is 1. The van der Waals surface area contributed by atoms with Gasteiger partial charge in [-0.15, -0.1) is 0 Å². The van der Waals surface area contributed by atoms with Crippen LogP contribution in [0.15, 0.2) is 84.0 Å². The molecule has 1 amide bonds. The van der Waals surface area contributed by atoms with Gasteiger partial charge in [0.05, 0.1) is 29.5 Å². The number of imidazole rings is 1. The molecule has 1 heterocycles. The van der Waals surface area contributed by atoms with Crippen LogP contribution in [0.25, 0.3) is 11.0 Å². The van der Waals surface area contributed by atoms with Crippen LogP contribution in [0.2, 0.25) is 0 Å². The fraction of sp³-hybridized carbons (Fsp3) is 0.0455. The van der Waals surface area contributed by atoms with Crippen molar-refractivity contribution in [3.63, 3.8) is 0 Å². The Balaban J connectivity index is 1.33. The average molecular weight is 369 g/mol. The van der Waals surface area contributed by atoms with Crippen LogP contribution in [0.4, 0.5) is 5.69 Å². The van der Waals surface area contributed by atoms with Crippen LogP contribution < -0.4 is 10.7 Å². The minimum Gasteiger partial charge on any atom is -0.345 e. The van der Waals surface area contributed by atoms with Crippen LogP contribution in [0.5, 0.6) is 0 Å². The number of nitrogens with zero attached hydrogens (tertiary/aromatic N) is 2. The predicted molar refractivity (Wildman–Crippen MR) is 111 cm³/mol. The van der Waals surface area contributed by atoms with Crippen molar-refractivity contribution in [2.45, 2.75) is 6.54 Å². The molecular weight excluding hydrogens is 350 g/mol. The first-order chi connectivity index (χ1) is 13.8. The van der Waals surface area contributed by atoms with Crippen molar-refractivity contribution in [3.8, 4) is 0 Å². The second kappa shape index (κ2) is 8.18. The first-order valence-corrected chi connectivity index (χ1v) is 8.94. The molecule has 3 aromatic carbocycles. The molecule has 3 N–H and O–H groups in total. The van der Waals surface area contributed by atoms with E-state index in [1.807, 2.05) is 66.7 Å². The number of hydrazone groups is 1. The van der Waals surface area contributed by atoms with Gasteiger partial charge >= 0.3 is 0 Å². The van der Waals surface area contributed by atoms with Gasteiger partial charge in [-0.05, 0) is 42.0 Å². The van der Waals surface area contributed by atoms with Crippen molar-refractivity contribution in [2.75, 3.05) is 5.43 Å². The molecule has 0 bridgehead atoms. The number of carbonyl (C=O) groups is 1. The number of aromatic amines is 1. The van der Waals surface area contributed by atoms with Gasteiger partial charge in [-0.3, -0.25) is 10.2 Å². The lowest BCUT2D eigenvalue weighted by Crippen LogP contribution is -2.23. The molecule has 6 heteroatoms. The lowest BCUT2D eigenvalue weighted by Gasteiger charge is -2.04. The van der Waals surface area contributed by atoms with Crippen LogP contribution in [-0.2, 0) is 6.54 Å². The van der Waals surface area contributed by atoms with Crippen molar-refractivity contribution < 1.29 is 4.79 Å². The Morgan fingerprint density at radius 3 is 2.50 bits per heavy atom. The fourth-order valence-corrected chi connectivity index (χ4v) is 2.77. The third kappa shape index (κ3) is 4.24. The molecule has 0 atom stereocenters. The summed E-state index contributed by atoms with van der Waals surface area (Å²) in [5.41, 5.74) is 7.21. The van der Waals surface area contributed by atoms with Crippen LogP contribution in [0, 0.1) is 0 Å². The van der Waals surface area contributed by atoms with E-state index in [1.54, 1.807) is 18.3 Å². The molecule has 138 valence electrons. The van der Waals surface area contributed by atoms with Gasteiger partial charge in [-0.1, -0.05) is 42.5 Å². The van der Waals surface area contributed by atoms with E-state index in [0.717, 1.165) is 28.1 Å². The maximum absolute atomic E-state index is 12.3. The molecule has 0 saturated carbocycles. The topological polar surface area (TPSA) is 82.2 Å². The molecule has 0 spiro atoms. The van der Waals surface area contributed by atoms with E-state index >= 15 is 0 Å². The average Bonchev–Trinajstić information content (AvgIpc) is 3.16. The number of anilines is 1. The normalized spacial score (nSPS) is 11.0. The third-order valence-corrected chi connectivity index (χ3v) is 4.21. The Labute approximate surface area is 162 Å². The number of para-hydroxylation sites is 3. The Kier molecular flexibility index (Phi) is 5.11. The molecule has 0 aliphatic rings. The summed E-state index contributed by atoms with van der Waals surface area (Å²) in [6, 6.07) is 24.7. The Bertz CT molecular complexity index is 1070. The zero-order valence-electron chi connectivity index (χ0n) is 15.1. The van der Waals surface area contributed by atoms with Gasteiger partial charge < -0.3 is 10.3 Å². The highest BCUT2D eigenvalue weighted by molar-refractivity contribution is 5.95. The summed E-state index contributed by atoms with van der Waals surface area (Å²) < 4.78 is 0. The van der Waals surface area contributed by atoms with E-state index in [1.165, 1.54) is 0 Å². The van der Waals surface area contributed by atoms with E-state index in [9.17, 15) is 4.79 Å². The summed E-state index contributed by atoms with van der Waals surface area (Å²) in [5.74, 6) is 0.580. The van der Waals surface area contributed by atoms with Crippen molar-refractivity contribution in [1.82, 2.24) is 15.3 Å². The number of benzene rings is 3. The predicted octanol–water partition coefficient (Wildman–Crippen LogP) is 3.94. The van der Waals surface area contributed by atoms with Crippen LogP contribution in [0.1, 0.15) is 21.7 Å². The smallest absolute Gasteiger partial charge is 0.251 e. The summed E-state index contributed by atoms with van der Waals surface area (Å²) >= 11 is 0. The molecule has 28 heavy (non-hydrogen) atoms. The quantitative estimate of drug-likeness (QED) is 0.356. The second-order valence-electron chi connectivity index (χ2n) is 6.24. The number of nitrogens with one attached hydrogen (secondary N) is 3. The van der Waals surface area contributed by atoms with Gasteiger partial charge in [-0.2, -0.15) is 5.10 Å². The first-order valence-electron chi connectivity index (χ1n) is 8.94. The van der Waals surface area contributed by atoms with Crippen LogP contribution in [0.3, 0.4) is 0 Å². The molecule has 0 saturated heterocycles. The van der Waals surface area contributed by atoms with Gasteiger partial charge in [0.2, 0.25) is 0 Å². The van der Waals surface area contributed by atoms with Gasteiger partial charge in [-0.25, -0.2) is 4.98 Å². The molecule has 0 aliphatic carbocycles. The highest BCUT2D eigenvalue weighted by Gasteiger charge is 2.07. The standard InChI is InChI=1S/C22H19N5O/c28-22(23-15-21-25-19-8-4-5-9-20(19)26-21)17-12-10-16(11-13-17)14-24-27-18-6-2-1-3-7-18/h1-14,27H,15H2,(H,23,28)(H,25,26). The highest BCUT2D eigenvalue weighted by Crippen LogP contribution is 2.10. The van der Waals surface area contributed by atoms with E-state index in [2.05, 4.69) is 25.8 Å². The van der Waals surface area contributed by atoms with E-state index in [-0.39, 0.29) is 5.91 Å². The summed E-state index contributed by atoms with van der Waals surface area (Å²) in [7, 11) is 0. The largest absolute Gasteiger partial charge is 0.345 e. The number of rotatable bonds is 6. The molecule has 0 unspecified atom stereocenters. The number of amides is 1. The Morgan fingerprint density at radius 1 is 0.964 bits per heavy atom. The number of carbonyl (C=O) groups excluding carboxylic acids is 1. The summed E-state index contributed by atoms with van der Waals surface area (Å²) in [4.78, 5) is 20.0. The minimum atomic E-state index is -0.147. The van der Waals surface area contributed by atoms with Crippen molar-refractivity contribution in [3.05, 3.63) is 95.8 Å². The van der Waals surface area contributed by atoms with Gasteiger partial charge in [0.15, 0.2) is 0 Å². The van der Waals surface area contributed by atoms with Crippen LogP contribution >= 0.6 is 0 Å². The number of hydrogen-bond acceptors (Lipinski definition) is 4. The monoisotopic (exact) mass is 369 g/mol. The molecule has 6 nitrogen and oxygen atoms in total. The van der Waals surface area contributed by atoms with Crippen molar-refractivity contribution in [1.29, 1.82) is 0 Å². The summed E-state index contributed by atoms with van der Waals surface area (Å²) in [6.07, 6.45) is 1.71. The van der Waals surface area contributed by atoms with Crippen molar-refractivity contribution >= 4 is 28.8 Å². The summed E-state index contributed by atoms with van der Waals surface area (Å²) in [6.45, 7) is 0.345. The van der Waals surface area contributed by atoms with Gasteiger partial charge in [0, 0.05) is 5.56 Å². The second-order valence-corrected chi connectivity index (χ2v) is 6.24. The summed E-state index contributed by atoms with van der Waals surface area (Å²) in [5, 5.41) is 7.08. The number of H-pyrrole nitrogens is 1. The minimum absolute atomic E-state index is 0.147. The Morgan fingerprint density at radius 2 is 1.71 bits per heavy atom. The lowest BCUT2D eigenvalue weighted by molar-refractivity contribution is 0.0950. The third-order valence-electron chi connectivity index (χ3n) is 4.21. The fourth-order valence-electron chi connectivity index (χ4n) is 2.77.